The second kappa shape index (κ2) is 39.7. The van der Waals surface area contributed by atoms with Crippen LogP contribution >= 0.6 is 7.82 Å². The molecule has 0 aliphatic carbocycles. The number of nitrogens with two attached hydrogens (primary N) is 1. The van der Waals surface area contributed by atoms with Crippen LogP contribution in [0.1, 0.15) is 117 Å². The summed E-state index contributed by atoms with van der Waals surface area (Å²) in [5, 5.41) is 8.88. The first kappa shape index (κ1) is 53.9. The average Bonchev–Trinajstić information content (AvgIpc) is 3.20. The first-order valence-electron chi connectivity index (χ1n) is 20.6. The summed E-state index contributed by atoms with van der Waals surface area (Å²) in [4.78, 5) is 45.9. The molecule has 0 rings (SSSR count). The van der Waals surface area contributed by atoms with Gasteiger partial charge >= 0.3 is 25.7 Å². The largest absolute Gasteiger partial charge is 0.480 e. The minimum atomic E-state index is -4.75. The number of carbonyl (C=O) groups excluding carboxylic acids is 2. The number of unbranched alkanes of at least 4 members (excludes halogenated alkanes) is 5. The average molecular weight is 828 g/mol. The molecule has 0 aliphatic heterocycles. The number of esters is 2. The van der Waals surface area contributed by atoms with Crippen LogP contribution in [0.25, 0.3) is 0 Å². The zero-order chi connectivity index (χ0) is 42.8. The van der Waals surface area contributed by atoms with Crippen LogP contribution in [0.3, 0.4) is 0 Å². The maximum absolute atomic E-state index is 12.6. The molecule has 0 fully saturated rings. The van der Waals surface area contributed by atoms with Crippen LogP contribution in [0.15, 0.2) is 122 Å². The van der Waals surface area contributed by atoms with E-state index >= 15 is 0 Å². The molecule has 0 bridgehead atoms. The molecular weight excluding hydrogens is 757 g/mol. The van der Waals surface area contributed by atoms with Crippen molar-refractivity contribution < 1.29 is 47.5 Å². The number of hydrogen-bond donors (Lipinski definition) is 3. The number of allylic oxidation sites excluding steroid dienone is 20. The Morgan fingerprint density at radius 1 is 0.552 bits per heavy atom. The lowest BCUT2D eigenvalue weighted by Crippen LogP contribution is -2.34. The molecule has 1 unspecified atom stereocenters. The summed E-state index contributed by atoms with van der Waals surface area (Å²) in [5.74, 6) is -2.54. The van der Waals surface area contributed by atoms with Crippen molar-refractivity contribution >= 4 is 25.7 Å². The quantitative estimate of drug-likeness (QED) is 0.0180. The van der Waals surface area contributed by atoms with Gasteiger partial charge < -0.3 is 25.2 Å². The van der Waals surface area contributed by atoms with E-state index in [1.54, 1.807) is 0 Å². The topological polar surface area (TPSA) is 172 Å². The van der Waals surface area contributed by atoms with Gasteiger partial charge in [-0.25, -0.2) is 4.57 Å². The van der Waals surface area contributed by atoms with E-state index in [0.29, 0.717) is 12.8 Å². The van der Waals surface area contributed by atoms with Gasteiger partial charge in [-0.05, 0) is 70.6 Å². The molecule has 4 N–H and O–H groups in total. The standard InChI is InChI=1S/C46H70NO10P/c1-3-5-7-9-11-13-15-17-19-20-21-22-24-25-27-29-31-33-35-37-44(48)54-39-42(40-55-58(52,53)56-41-43(47)46(50)51)57-45(49)38-36-34-32-30-28-26-23-18-16-14-12-10-8-6-4-2/h5-8,10-14,16-19,21-23,25,27,31,33,42-43H,3-4,9,15,20,24,26,28-30,32,34-41,47H2,1-2H3,(H,50,51)(H,52,53)/b7-5+,8-6+,12-10+,13-11+,16-14+,19-17+,22-21+,23-18+,27-25+,33-31+/t42-,43+/m1/s1. The third-order valence-corrected chi connectivity index (χ3v) is 8.76. The van der Waals surface area contributed by atoms with E-state index in [9.17, 15) is 23.8 Å². The van der Waals surface area contributed by atoms with Crippen LogP contribution in [0.4, 0.5) is 0 Å². The summed E-state index contributed by atoms with van der Waals surface area (Å²) in [6, 6.07) is -1.54. The zero-order valence-electron chi connectivity index (χ0n) is 34.8. The number of carbonyl (C=O) groups is 3. The van der Waals surface area contributed by atoms with E-state index in [2.05, 4.69) is 91.3 Å². The molecule has 0 aromatic carbocycles. The number of carboxylic acids is 1. The molecule has 0 radical (unpaired) electrons. The van der Waals surface area contributed by atoms with Gasteiger partial charge in [0.25, 0.3) is 0 Å². The Kier molecular flexibility index (Phi) is 36.9. The third-order valence-electron chi connectivity index (χ3n) is 7.81. The van der Waals surface area contributed by atoms with Crippen molar-refractivity contribution in [3.05, 3.63) is 122 Å². The number of rotatable bonds is 36. The third kappa shape index (κ3) is 38.7. The van der Waals surface area contributed by atoms with Gasteiger partial charge in [0.1, 0.15) is 12.6 Å². The van der Waals surface area contributed by atoms with Gasteiger partial charge in [-0.15, -0.1) is 0 Å². The fourth-order valence-corrected chi connectivity index (χ4v) is 5.41. The molecule has 0 aromatic heterocycles. The normalized spacial score (nSPS) is 15.0. The second-order valence-corrected chi connectivity index (χ2v) is 14.5. The molecule has 12 heteroatoms. The Labute approximate surface area is 348 Å². The van der Waals surface area contributed by atoms with E-state index in [1.165, 1.54) is 0 Å². The molecule has 0 spiro atoms. The first-order chi connectivity index (χ1) is 28.1. The van der Waals surface area contributed by atoms with E-state index in [1.807, 2.05) is 48.6 Å². The molecule has 0 aliphatic rings. The zero-order valence-corrected chi connectivity index (χ0v) is 35.7. The summed E-state index contributed by atoms with van der Waals surface area (Å²) in [5.41, 5.74) is 5.32. The van der Waals surface area contributed by atoms with Crippen LogP contribution < -0.4 is 5.73 Å². The molecule has 0 aromatic rings. The van der Waals surface area contributed by atoms with Crippen molar-refractivity contribution in [1.82, 2.24) is 0 Å². The van der Waals surface area contributed by atoms with Crippen molar-refractivity contribution in [3.63, 3.8) is 0 Å². The van der Waals surface area contributed by atoms with Crippen molar-refractivity contribution in [2.45, 2.75) is 129 Å². The summed E-state index contributed by atoms with van der Waals surface area (Å²) in [6.45, 7) is 2.41. The predicted octanol–water partition coefficient (Wildman–Crippen LogP) is 10.8. The van der Waals surface area contributed by atoms with Gasteiger partial charge in [0.2, 0.25) is 0 Å². The minimum absolute atomic E-state index is 0.0825. The van der Waals surface area contributed by atoms with Crippen molar-refractivity contribution in [3.8, 4) is 0 Å². The Balaban J connectivity index is 4.58. The predicted molar refractivity (Wildman–Crippen MR) is 235 cm³/mol. The molecule has 324 valence electrons. The Bertz CT molecular complexity index is 1440. The monoisotopic (exact) mass is 827 g/mol. The smallest absolute Gasteiger partial charge is 0.472 e. The van der Waals surface area contributed by atoms with Crippen LogP contribution in [0, 0.1) is 0 Å². The summed E-state index contributed by atoms with van der Waals surface area (Å²) in [6.07, 6.45) is 52.8. The fraction of sp³-hybridized carbons (Fsp3) is 0.500. The van der Waals surface area contributed by atoms with Crippen molar-refractivity contribution in [2.75, 3.05) is 19.8 Å². The summed E-state index contributed by atoms with van der Waals surface area (Å²) >= 11 is 0. The second-order valence-electron chi connectivity index (χ2n) is 13.1. The van der Waals surface area contributed by atoms with Crippen LogP contribution in [-0.4, -0.2) is 59.9 Å². The lowest BCUT2D eigenvalue weighted by molar-refractivity contribution is -0.161. The van der Waals surface area contributed by atoms with Gasteiger partial charge in [0.05, 0.1) is 13.2 Å². The van der Waals surface area contributed by atoms with Crippen LogP contribution in [-0.2, 0) is 37.5 Å². The first-order valence-corrected chi connectivity index (χ1v) is 22.1. The van der Waals surface area contributed by atoms with Gasteiger partial charge in [0.15, 0.2) is 6.10 Å². The van der Waals surface area contributed by atoms with Crippen LogP contribution in [0.5, 0.6) is 0 Å². The molecule has 58 heavy (non-hydrogen) atoms. The van der Waals surface area contributed by atoms with Gasteiger partial charge in [-0.3, -0.25) is 23.4 Å². The van der Waals surface area contributed by atoms with E-state index < -0.39 is 57.7 Å². The molecule has 11 nitrogen and oxygen atoms in total. The van der Waals surface area contributed by atoms with E-state index in [4.69, 9.17) is 24.8 Å². The Morgan fingerprint density at radius 3 is 1.60 bits per heavy atom. The van der Waals surface area contributed by atoms with E-state index in [0.717, 1.165) is 77.0 Å². The number of carboxylic acid groups (broad SMARTS) is 1. The van der Waals surface area contributed by atoms with Crippen molar-refractivity contribution in [2.24, 2.45) is 5.73 Å². The van der Waals surface area contributed by atoms with Gasteiger partial charge in [-0.1, -0.05) is 155 Å². The molecule has 0 amide bonds. The summed E-state index contributed by atoms with van der Waals surface area (Å²) < 4.78 is 32.5. The van der Waals surface area contributed by atoms with Crippen molar-refractivity contribution in [1.29, 1.82) is 0 Å². The molecule has 0 saturated heterocycles. The highest BCUT2D eigenvalue weighted by molar-refractivity contribution is 7.47. The molecular formula is C46H70NO10P. The lowest BCUT2D eigenvalue weighted by atomic mass is 10.1. The maximum Gasteiger partial charge on any atom is 0.472 e. The number of ether oxygens (including phenoxy) is 2. The van der Waals surface area contributed by atoms with Gasteiger partial charge in [-0.2, -0.15) is 0 Å². The van der Waals surface area contributed by atoms with E-state index in [-0.39, 0.29) is 12.8 Å². The molecule has 3 atom stereocenters. The Hall–Kier alpha value is -4.12. The molecule has 0 heterocycles. The maximum atomic E-state index is 12.6. The SMILES string of the molecule is CC/C=C/C=C/C=C/C=C/CCCCCCCC(=O)O[C@H](COC(=O)CC/C=C/C/C=C/C/C=C/C/C=C/C/C=C/C/C=C/CC)COP(=O)(O)OC[C@H](N)C(=O)O. The number of phosphoric ester groups is 1. The number of aliphatic carboxylic acids is 1. The highest BCUT2D eigenvalue weighted by Gasteiger charge is 2.28. The minimum Gasteiger partial charge on any atom is -0.480 e. The van der Waals surface area contributed by atoms with Gasteiger partial charge in [0, 0.05) is 12.8 Å². The van der Waals surface area contributed by atoms with Crippen LogP contribution in [0.2, 0.25) is 0 Å². The number of hydrogen-bond acceptors (Lipinski definition) is 9. The lowest BCUT2D eigenvalue weighted by Gasteiger charge is -2.20. The highest BCUT2D eigenvalue weighted by atomic mass is 31.2. The molecule has 0 saturated carbocycles. The fourth-order valence-electron chi connectivity index (χ4n) is 4.63. The Morgan fingerprint density at radius 2 is 1.03 bits per heavy atom. The number of phosphoric acid groups is 1. The highest BCUT2D eigenvalue weighted by Crippen LogP contribution is 2.43. The summed E-state index contributed by atoms with van der Waals surface area (Å²) in [7, 11) is -4.75.